The van der Waals surface area contributed by atoms with Crippen LogP contribution in [0.15, 0.2) is 79.3 Å². The Morgan fingerprint density at radius 1 is 1.03 bits per heavy atom. The number of hydrogen-bond donors (Lipinski definition) is 1. The number of likely N-dealkylation sites (N-methyl/N-ethyl adjacent to an activating group) is 1. The molecule has 4 aromatic rings. The number of carbonyl (C=O) groups is 1. The second kappa shape index (κ2) is 8.24. The topological polar surface area (TPSA) is 63.1 Å². The first kappa shape index (κ1) is 18.8. The molecule has 0 radical (unpaired) electrons. The highest BCUT2D eigenvalue weighted by molar-refractivity contribution is 5.95. The zero-order valence-electron chi connectivity index (χ0n) is 16.5. The fourth-order valence-electron chi connectivity index (χ4n) is 3.38. The number of aromatic nitrogens is 3. The molecule has 0 aliphatic carbocycles. The molecule has 0 aliphatic heterocycles. The Balaban J connectivity index is 1.55. The van der Waals surface area contributed by atoms with Gasteiger partial charge in [-0.2, -0.15) is 0 Å². The summed E-state index contributed by atoms with van der Waals surface area (Å²) >= 11 is 0. The van der Waals surface area contributed by atoms with Crippen molar-refractivity contribution in [3.63, 3.8) is 0 Å². The van der Waals surface area contributed by atoms with Crippen LogP contribution in [0.2, 0.25) is 0 Å². The molecular weight excluding hydrogens is 362 g/mol. The fraction of sp³-hybridized carbons (Fsp3) is 0.174. The summed E-state index contributed by atoms with van der Waals surface area (Å²) in [5.74, 6) is 0.671. The zero-order valence-corrected chi connectivity index (χ0v) is 16.5. The number of carbonyl (C=O) groups excluding carboxylic acids is 1. The molecular formula is C23H23N5O. The summed E-state index contributed by atoms with van der Waals surface area (Å²) in [7, 11) is 1.95. The van der Waals surface area contributed by atoms with E-state index in [1.807, 2.05) is 90.2 Å². The Morgan fingerprint density at radius 3 is 2.52 bits per heavy atom. The highest BCUT2D eigenvalue weighted by Gasteiger charge is 2.24. The van der Waals surface area contributed by atoms with E-state index < -0.39 is 0 Å². The van der Waals surface area contributed by atoms with E-state index in [0.29, 0.717) is 5.69 Å². The molecule has 4 rings (SSSR count). The molecule has 0 saturated carbocycles. The summed E-state index contributed by atoms with van der Waals surface area (Å²) in [6, 6.07) is 21.1. The van der Waals surface area contributed by atoms with E-state index in [-0.39, 0.29) is 11.9 Å². The van der Waals surface area contributed by atoms with E-state index in [2.05, 4.69) is 15.3 Å². The molecule has 2 aromatic carbocycles. The monoisotopic (exact) mass is 385 g/mol. The normalized spacial score (nSPS) is 12.2. The largest absolute Gasteiger partial charge is 0.323 e. The Bertz CT molecular complexity index is 1110. The minimum absolute atomic E-state index is 0.0804. The predicted molar refractivity (Wildman–Crippen MR) is 115 cm³/mol. The average Bonchev–Trinajstić information content (AvgIpc) is 3.19. The summed E-state index contributed by atoms with van der Waals surface area (Å²) in [6.45, 7) is 2.80. The Morgan fingerprint density at radius 2 is 1.79 bits per heavy atom. The maximum absolute atomic E-state index is 13.0. The number of amides is 1. The summed E-state index contributed by atoms with van der Waals surface area (Å²) < 4.78 is 1.93. The van der Waals surface area contributed by atoms with Gasteiger partial charge in [0.05, 0.1) is 22.9 Å². The lowest BCUT2D eigenvalue weighted by molar-refractivity contribution is -0.121. The molecule has 0 aliphatic rings. The summed E-state index contributed by atoms with van der Waals surface area (Å²) in [4.78, 5) is 23.9. The van der Waals surface area contributed by atoms with Crippen molar-refractivity contribution in [1.29, 1.82) is 0 Å². The van der Waals surface area contributed by atoms with Crippen LogP contribution in [0.5, 0.6) is 0 Å². The van der Waals surface area contributed by atoms with Crippen LogP contribution < -0.4 is 5.32 Å². The Hall–Kier alpha value is -3.51. The van der Waals surface area contributed by atoms with Crippen molar-refractivity contribution in [2.45, 2.75) is 13.0 Å². The van der Waals surface area contributed by atoms with E-state index in [0.717, 1.165) is 29.0 Å². The van der Waals surface area contributed by atoms with E-state index in [9.17, 15) is 4.79 Å². The van der Waals surface area contributed by atoms with Gasteiger partial charge in [0.25, 0.3) is 0 Å². The van der Waals surface area contributed by atoms with Gasteiger partial charge in [0.15, 0.2) is 0 Å². The van der Waals surface area contributed by atoms with Gasteiger partial charge in [-0.15, -0.1) is 0 Å². The molecule has 1 N–H and O–H groups in total. The highest BCUT2D eigenvalue weighted by Crippen LogP contribution is 2.22. The van der Waals surface area contributed by atoms with Crippen molar-refractivity contribution in [3.05, 3.63) is 84.8 Å². The van der Waals surface area contributed by atoms with Crippen LogP contribution in [0.25, 0.3) is 16.9 Å². The minimum Gasteiger partial charge on any atom is -0.323 e. The quantitative estimate of drug-likeness (QED) is 0.544. The number of benzene rings is 2. The number of fused-ring (bicyclic) bond motifs is 1. The van der Waals surface area contributed by atoms with E-state index in [1.54, 1.807) is 12.5 Å². The van der Waals surface area contributed by atoms with Gasteiger partial charge in [0, 0.05) is 0 Å². The first-order valence-corrected chi connectivity index (χ1v) is 9.62. The number of pyridine rings is 1. The minimum atomic E-state index is -0.363. The van der Waals surface area contributed by atoms with Crippen LogP contribution in [-0.4, -0.2) is 38.9 Å². The third kappa shape index (κ3) is 3.88. The van der Waals surface area contributed by atoms with E-state index >= 15 is 0 Å². The summed E-state index contributed by atoms with van der Waals surface area (Å²) in [5, 5.41) is 3.00. The number of nitrogens with one attached hydrogen (secondary N) is 1. The number of rotatable bonds is 6. The predicted octanol–water partition coefficient (Wildman–Crippen LogP) is 4.05. The van der Waals surface area contributed by atoms with Crippen molar-refractivity contribution >= 4 is 22.6 Å². The van der Waals surface area contributed by atoms with Crippen molar-refractivity contribution in [2.75, 3.05) is 18.9 Å². The first-order chi connectivity index (χ1) is 14.2. The molecule has 6 nitrogen and oxygen atoms in total. The average molecular weight is 385 g/mol. The third-order valence-corrected chi connectivity index (χ3v) is 5.02. The van der Waals surface area contributed by atoms with Crippen LogP contribution in [0.3, 0.4) is 0 Å². The molecule has 0 bridgehead atoms. The Labute approximate surface area is 169 Å². The third-order valence-electron chi connectivity index (χ3n) is 5.02. The van der Waals surface area contributed by atoms with Gasteiger partial charge in [0.1, 0.15) is 18.2 Å². The molecule has 1 amide bonds. The number of anilines is 1. The SMILES string of the molecule is CCN(C)C(C(=O)Nc1ccc(-n2cnc3ccccc32)nc1)c1ccccc1. The van der Waals surface area contributed by atoms with Crippen LogP contribution in [0, 0.1) is 0 Å². The zero-order chi connectivity index (χ0) is 20.2. The molecule has 29 heavy (non-hydrogen) atoms. The molecule has 1 unspecified atom stereocenters. The number of nitrogens with zero attached hydrogens (tertiary/aromatic N) is 4. The van der Waals surface area contributed by atoms with Crippen molar-refractivity contribution in [3.8, 4) is 5.82 Å². The number of hydrogen-bond acceptors (Lipinski definition) is 4. The molecule has 0 fully saturated rings. The second-order valence-corrected chi connectivity index (χ2v) is 6.88. The lowest BCUT2D eigenvalue weighted by Crippen LogP contribution is -2.34. The lowest BCUT2D eigenvalue weighted by Gasteiger charge is -2.26. The number of imidazole rings is 1. The van der Waals surface area contributed by atoms with Gasteiger partial charge in [-0.25, -0.2) is 9.97 Å². The van der Waals surface area contributed by atoms with Gasteiger partial charge < -0.3 is 5.32 Å². The van der Waals surface area contributed by atoms with Crippen molar-refractivity contribution in [1.82, 2.24) is 19.4 Å². The first-order valence-electron chi connectivity index (χ1n) is 9.62. The van der Waals surface area contributed by atoms with Crippen molar-refractivity contribution < 1.29 is 4.79 Å². The molecule has 0 spiro atoms. The second-order valence-electron chi connectivity index (χ2n) is 6.88. The van der Waals surface area contributed by atoms with Crippen LogP contribution in [0.1, 0.15) is 18.5 Å². The number of para-hydroxylation sites is 2. The smallest absolute Gasteiger partial charge is 0.246 e. The van der Waals surface area contributed by atoms with E-state index in [4.69, 9.17) is 0 Å². The van der Waals surface area contributed by atoms with Gasteiger partial charge in [0.2, 0.25) is 5.91 Å². The molecule has 1 atom stereocenters. The molecule has 0 saturated heterocycles. The van der Waals surface area contributed by atoms with Crippen LogP contribution in [-0.2, 0) is 4.79 Å². The lowest BCUT2D eigenvalue weighted by atomic mass is 10.0. The highest BCUT2D eigenvalue weighted by atomic mass is 16.2. The van der Waals surface area contributed by atoms with Gasteiger partial charge in [-0.3, -0.25) is 14.3 Å². The molecule has 2 heterocycles. The standard InChI is InChI=1S/C23H23N5O/c1-3-27(2)22(17-9-5-4-6-10-17)23(29)26-18-13-14-21(24-15-18)28-16-25-19-11-7-8-12-20(19)28/h4-16,22H,3H2,1-2H3,(H,26,29). The van der Waals surface area contributed by atoms with E-state index in [1.165, 1.54) is 0 Å². The van der Waals surface area contributed by atoms with Crippen LogP contribution >= 0.6 is 0 Å². The molecule has 146 valence electrons. The summed E-state index contributed by atoms with van der Waals surface area (Å²) in [6.07, 6.45) is 3.43. The van der Waals surface area contributed by atoms with Gasteiger partial charge >= 0.3 is 0 Å². The maximum atomic E-state index is 13.0. The summed E-state index contributed by atoms with van der Waals surface area (Å²) in [5.41, 5.74) is 3.53. The van der Waals surface area contributed by atoms with Crippen molar-refractivity contribution in [2.24, 2.45) is 0 Å². The maximum Gasteiger partial charge on any atom is 0.246 e. The van der Waals surface area contributed by atoms with Gasteiger partial charge in [-0.05, 0) is 43.4 Å². The Kier molecular flexibility index (Phi) is 5.35. The van der Waals surface area contributed by atoms with Gasteiger partial charge in [-0.1, -0.05) is 49.4 Å². The molecule has 2 aromatic heterocycles. The molecule has 6 heteroatoms. The van der Waals surface area contributed by atoms with Crippen LogP contribution in [0.4, 0.5) is 5.69 Å². The fourth-order valence-corrected chi connectivity index (χ4v) is 3.38.